The van der Waals surface area contributed by atoms with Gasteiger partial charge in [-0.3, -0.25) is 5.84 Å². The minimum Gasteiger partial charge on any atom is -0.302 e. The molecule has 1 atom stereocenters. The largest absolute Gasteiger partial charge is 0.345 e. The Kier molecular flexibility index (Phi) is 2.89. The standard InChI is InChI=1S/C6H14N6O2/c1-3(2)11-5(13)9-4(10-7)12(8)6(11)14/h3-4,10H,7-8H2,1-2H3,(H,9,13). The second-order valence-corrected chi connectivity index (χ2v) is 3.17. The number of amides is 4. The highest BCUT2D eigenvalue weighted by Crippen LogP contribution is 2.08. The fraction of sp³-hybridized carbons (Fsp3) is 0.667. The number of hydrogen-bond donors (Lipinski definition) is 4. The molecule has 1 aliphatic rings. The summed E-state index contributed by atoms with van der Waals surface area (Å²) in [6, 6.07) is -1.37. The van der Waals surface area contributed by atoms with Crippen molar-refractivity contribution < 1.29 is 9.59 Å². The number of nitrogens with zero attached hydrogens (tertiary/aromatic N) is 2. The van der Waals surface area contributed by atoms with Crippen molar-refractivity contribution in [1.29, 1.82) is 0 Å². The summed E-state index contributed by atoms with van der Waals surface area (Å²) in [4.78, 5) is 23.9. The third kappa shape index (κ3) is 1.62. The monoisotopic (exact) mass is 202 g/mol. The zero-order valence-electron chi connectivity index (χ0n) is 8.02. The van der Waals surface area contributed by atoms with Gasteiger partial charge in [0.05, 0.1) is 0 Å². The Labute approximate surface area is 81.1 Å². The fourth-order valence-corrected chi connectivity index (χ4v) is 1.16. The van der Waals surface area contributed by atoms with E-state index in [2.05, 4.69) is 10.7 Å². The summed E-state index contributed by atoms with van der Waals surface area (Å²) < 4.78 is 0. The Bertz CT molecular complexity index is 255. The second kappa shape index (κ2) is 3.78. The van der Waals surface area contributed by atoms with E-state index in [4.69, 9.17) is 11.7 Å². The molecule has 1 unspecified atom stereocenters. The van der Waals surface area contributed by atoms with Gasteiger partial charge in [0.2, 0.25) is 0 Å². The third-order valence-corrected chi connectivity index (χ3v) is 1.86. The van der Waals surface area contributed by atoms with E-state index in [0.717, 1.165) is 9.91 Å². The van der Waals surface area contributed by atoms with Crippen molar-refractivity contribution in [2.75, 3.05) is 0 Å². The minimum absolute atomic E-state index is 0.257. The number of nitrogens with one attached hydrogen (secondary N) is 2. The van der Waals surface area contributed by atoms with E-state index in [1.807, 2.05) is 0 Å². The van der Waals surface area contributed by atoms with Crippen LogP contribution in [-0.2, 0) is 0 Å². The lowest BCUT2D eigenvalue weighted by Gasteiger charge is -2.39. The smallest absolute Gasteiger partial charge is 0.302 e. The maximum absolute atomic E-state index is 11.5. The van der Waals surface area contributed by atoms with Gasteiger partial charge < -0.3 is 5.32 Å². The normalized spacial score (nSPS) is 23.1. The van der Waals surface area contributed by atoms with Gasteiger partial charge in [-0.15, -0.1) is 0 Å². The van der Waals surface area contributed by atoms with Crippen LogP contribution in [0.2, 0.25) is 0 Å². The summed E-state index contributed by atoms with van der Waals surface area (Å²) in [7, 11) is 0. The van der Waals surface area contributed by atoms with Crippen LogP contribution in [0.5, 0.6) is 0 Å². The Morgan fingerprint density at radius 2 is 2.07 bits per heavy atom. The van der Waals surface area contributed by atoms with E-state index in [1.54, 1.807) is 13.8 Å². The summed E-state index contributed by atoms with van der Waals surface area (Å²) >= 11 is 0. The molecule has 0 aliphatic carbocycles. The lowest BCUT2D eigenvalue weighted by molar-refractivity contribution is 0.0818. The van der Waals surface area contributed by atoms with E-state index in [-0.39, 0.29) is 6.04 Å². The van der Waals surface area contributed by atoms with Crippen molar-refractivity contribution in [2.45, 2.75) is 26.2 Å². The molecule has 4 amide bonds. The van der Waals surface area contributed by atoms with Crippen LogP contribution in [-0.4, -0.2) is 34.3 Å². The van der Waals surface area contributed by atoms with Crippen LogP contribution >= 0.6 is 0 Å². The molecular formula is C6H14N6O2. The van der Waals surface area contributed by atoms with Crippen LogP contribution in [0.25, 0.3) is 0 Å². The molecule has 8 nitrogen and oxygen atoms in total. The zero-order chi connectivity index (χ0) is 10.9. The maximum atomic E-state index is 11.5. The van der Waals surface area contributed by atoms with Gasteiger partial charge >= 0.3 is 12.1 Å². The van der Waals surface area contributed by atoms with Crippen LogP contribution in [0.15, 0.2) is 0 Å². The van der Waals surface area contributed by atoms with Crippen LogP contribution < -0.4 is 22.4 Å². The molecule has 0 aromatic heterocycles. The summed E-state index contributed by atoms with van der Waals surface area (Å²) in [6.07, 6.45) is -0.870. The first kappa shape index (κ1) is 10.7. The number of carbonyl (C=O) groups is 2. The molecule has 8 heteroatoms. The number of urea groups is 2. The third-order valence-electron chi connectivity index (χ3n) is 1.86. The molecule has 1 fully saturated rings. The molecule has 1 saturated heterocycles. The van der Waals surface area contributed by atoms with E-state index < -0.39 is 18.4 Å². The van der Waals surface area contributed by atoms with Gasteiger partial charge in [0.15, 0.2) is 6.29 Å². The molecule has 1 aliphatic heterocycles. The van der Waals surface area contributed by atoms with E-state index in [9.17, 15) is 9.59 Å². The number of imide groups is 1. The van der Waals surface area contributed by atoms with Gasteiger partial charge in [-0.05, 0) is 13.8 Å². The highest BCUT2D eigenvalue weighted by atomic mass is 16.2. The summed E-state index contributed by atoms with van der Waals surface area (Å²) in [5, 5.41) is 3.23. The quantitative estimate of drug-likeness (QED) is 0.246. The number of rotatable bonds is 2. The molecule has 0 spiro atoms. The predicted octanol–water partition coefficient (Wildman–Crippen LogP) is -1.54. The molecule has 80 valence electrons. The first-order valence-electron chi connectivity index (χ1n) is 4.12. The molecule has 0 aromatic rings. The summed E-state index contributed by atoms with van der Waals surface area (Å²) in [6.45, 7) is 3.42. The van der Waals surface area contributed by atoms with E-state index in [0.29, 0.717) is 0 Å². The maximum Gasteiger partial charge on any atom is 0.345 e. The van der Waals surface area contributed by atoms with Crippen molar-refractivity contribution in [3.63, 3.8) is 0 Å². The van der Waals surface area contributed by atoms with Crippen LogP contribution in [0.1, 0.15) is 13.8 Å². The lowest BCUT2D eigenvalue weighted by Crippen LogP contribution is -2.73. The topological polar surface area (TPSA) is 117 Å². The Morgan fingerprint density at radius 1 is 1.50 bits per heavy atom. The Morgan fingerprint density at radius 3 is 2.50 bits per heavy atom. The lowest BCUT2D eigenvalue weighted by atomic mass is 10.3. The second-order valence-electron chi connectivity index (χ2n) is 3.17. The predicted molar refractivity (Wildman–Crippen MR) is 48.0 cm³/mol. The van der Waals surface area contributed by atoms with Crippen LogP contribution in [0, 0.1) is 0 Å². The molecule has 0 radical (unpaired) electrons. The zero-order valence-corrected chi connectivity index (χ0v) is 8.02. The van der Waals surface area contributed by atoms with E-state index >= 15 is 0 Å². The average molecular weight is 202 g/mol. The fourth-order valence-electron chi connectivity index (χ4n) is 1.16. The number of nitrogens with two attached hydrogens (primary N) is 2. The van der Waals surface area contributed by atoms with Gasteiger partial charge in [0, 0.05) is 6.04 Å². The van der Waals surface area contributed by atoms with Crippen molar-refractivity contribution >= 4 is 12.1 Å². The van der Waals surface area contributed by atoms with Gasteiger partial charge in [0.25, 0.3) is 0 Å². The summed E-state index contributed by atoms with van der Waals surface area (Å²) in [5.74, 6) is 10.5. The molecule has 0 bridgehead atoms. The molecule has 1 rings (SSSR count). The van der Waals surface area contributed by atoms with E-state index in [1.165, 1.54) is 0 Å². The molecule has 14 heavy (non-hydrogen) atoms. The molecule has 0 aromatic carbocycles. The average Bonchev–Trinajstić information content (AvgIpc) is 2.10. The van der Waals surface area contributed by atoms with Crippen molar-refractivity contribution in [3.05, 3.63) is 0 Å². The Hall–Kier alpha value is -1.38. The first-order valence-corrected chi connectivity index (χ1v) is 4.12. The first-order chi connectivity index (χ1) is 6.49. The van der Waals surface area contributed by atoms with Crippen molar-refractivity contribution in [1.82, 2.24) is 20.7 Å². The summed E-state index contributed by atoms with van der Waals surface area (Å²) in [5.41, 5.74) is 2.20. The van der Waals surface area contributed by atoms with Gasteiger partial charge in [-0.25, -0.2) is 30.8 Å². The number of hydrazine groups is 2. The SMILES string of the molecule is CC(C)N1C(=O)NC(NN)N(N)C1=O. The number of carbonyl (C=O) groups excluding carboxylic acids is 2. The van der Waals surface area contributed by atoms with Gasteiger partial charge in [-0.1, -0.05) is 0 Å². The molecular weight excluding hydrogens is 188 g/mol. The Balaban J connectivity index is 2.85. The van der Waals surface area contributed by atoms with Crippen LogP contribution in [0.3, 0.4) is 0 Å². The number of hydrogen-bond acceptors (Lipinski definition) is 5. The molecule has 1 heterocycles. The van der Waals surface area contributed by atoms with Crippen LogP contribution in [0.4, 0.5) is 9.59 Å². The minimum atomic E-state index is -0.870. The van der Waals surface area contributed by atoms with Gasteiger partial charge in [-0.2, -0.15) is 0 Å². The molecule has 0 saturated carbocycles. The molecule has 6 N–H and O–H groups in total. The van der Waals surface area contributed by atoms with Crippen molar-refractivity contribution in [3.8, 4) is 0 Å². The van der Waals surface area contributed by atoms with Crippen molar-refractivity contribution in [2.24, 2.45) is 11.7 Å². The highest BCUT2D eigenvalue weighted by Gasteiger charge is 2.37. The highest BCUT2D eigenvalue weighted by molar-refractivity contribution is 5.96. The van der Waals surface area contributed by atoms with Gasteiger partial charge in [0.1, 0.15) is 0 Å².